The van der Waals surface area contributed by atoms with Crippen molar-refractivity contribution in [2.45, 2.75) is 19.3 Å². The van der Waals surface area contributed by atoms with Crippen molar-refractivity contribution in [3.63, 3.8) is 0 Å². The van der Waals surface area contributed by atoms with Crippen LogP contribution in [0.5, 0.6) is 11.5 Å². The van der Waals surface area contributed by atoms with Crippen LogP contribution in [0.4, 0.5) is 0 Å². The average molecular weight is 208 g/mol. The number of hydrogen-bond acceptors (Lipinski definition) is 3. The summed E-state index contributed by atoms with van der Waals surface area (Å²) in [6.45, 7) is 2.12. The molecule has 0 unspecified atom stereocenters. The summed E-state index contributed by atoms with van der Waals surface area (Å²) in [4.78, 5) is 10.6. The predicted molar refractivity (Wildman–Crippen MR) is 53.2 cm³/mol. The minimum atomic E-state index is -0.792. The van der Waals surface area contributed by atoms with E-state index in [1.54, 1.807) is 0 Å². The smallest absolute Gasteiger partial charge is 0.303 e. The van der Waals surface area contributed by atoms with Crippen LogP contribution < -0.4 is 9.47 Å². The fourth-order valence-electron chi connectivity index (χ4n) is 1.60. The maximum atomic E-state index is 10.6. The zero-order chi connectivity index (χ0) is 10.8. The van der Waals surface area contributed by atoms with Gasteiger partial charge < -0.3 is 14.6 Å². The molecule has 0 aromatic heterocycles. The molecule has 1 heterocycles. The van der Waals surface area contributed by atoms with E-state index in [2.05, 4.69) is 0 Å². The number of benzene rings is 1. The Morgan fingerprint density at radius 2 is 2.20 bits per heavy atom. The van der Waals surface area contributed by atoms with Gasteiger partial charge in [-0.3, -0.25) is 4.79 Å². The van der Waals surface area contributed by atoms with E-state index in [9.17, 15) is 4.79 Å². The first-order chi connectivity index (χ1) is 7.16. The molecule has 1 aliphatic rings. The molecule has 0 saturated carbocycles. The Morgan fingerprint density at radius 1 is 1.47 bits per heavy atom. The first-order valence-electron chi connectivity index (χ1n) is 4.78. The lowest BCUT2D eigenvalue weighted by molar-refractivity contribution is -0.137. The van der Waals surface area contributed by atoms with Gasteiger partial charge in [0.15, 0.2) is 11.5 Å². The predicted octanol–water partition coefficient (Wildman–Crippen LogP) is 1.99. The van der Waals surface area contributed by atoms with Crippen LogP contribution in [0.15, 0.2) is 18.2 Å². The van der Waals surface area contributed by atoms with Crippen molar-refractivity contribution in [1.82, 2.24) is 0 Å². The summed E-state index contributed by atoms with van der Waals surface area (Å²) in [5.41, 5.74) is 0.960. The number of hydrogen-bond donors (Lipinski definition) is 1. The number of aliphatic carboxylic acids is 1. The molecule has 0 spiro atoms. The molecule has 4 heteroatoms. The van der Waals surface area contributed by atoms with E-state index in [0.717, 1.165) is 11.3 Å². The summed E-state index contributed by atoms with van der Waals surface area (Å²) in [6.07, 6.45) is 0.125. The number of ether oxygens (including phenoxy) is 2. The first kappa shape index (κ1) is 9.83. The summed E-state index contributed by atoms with van der Waals surface area (Å²) < 4.78 is 10.4. The molecule has 1 aromatic carbocycles. The highest BCUT2D eigenvalue weighted by Gasteiger charge is 2.16. The van der Waals surface area contributed by atoms with Crippen LogP contribution in [0.3, 0.4) is 0 Å². The second kappa shape index (κ2) is 3.81. The SMILES string of the molecule is C[C@H](CC(=O)O)c1ccc2c(c1)OCO2. The molecule has 1 atom stereocenters. The highest BCUT2D eigenvalue weighted by Crippen LogP contribution is 2.35. The van der Waals surface area contributed by atoms with Crippen LogP contribution in [0.2, 0.25) is 0 Å². The molecule has 0 fully saturated rings. The van der Waals surface area contributed by atoms with Crippen LogP contribution in [0, 0.1) is 0 Å². The lowest BCUT2D eigenvalue weighted by Gasteiger charge is -2.09. The molecular formula is C11H12O4. The Kier molecular flexibility index (Phi) is 2.49. The molecule has 0 amide bonds. The van der Waals surface area contributed by atoms with Crippen LogP contribution in [0.25, 0.3) is 0 Å². The number of carboxylic acid groups (broad SMARTS) is 1. The van der Waals surface area contributed by atoms with Gasteiger partial charge in [-0.2, -0.15) is 0 Å². The summed E-state index contributed by atoms with van der Waals surface area (Å²) in [5.74, 6) is 0.614. The fourth-order valence-corrected chi connectivity index (χ4v) is 1.60. The average Bonchev–Trinajstić information content (AvgIpc) is 2.62. The quantitative estimate of drug-likeness (QED) is 0.825. The van der Waals surface area contributed by atoms with Crippen molar-refractivity contribution in [2.75, 3.05) is 6.79 Å². The van der Waals surface area contributed by atoms with E-state index < -0.39 is 5.97 Å². The topological polar surface area (TPSA) is 55.8 Å². The molecule has 2 rings (SSSR count). The monoisotopic (exact) mass is 208 g/mol. The van der Waals surface area contributed by atoms with Gasteiger partial charge in [0.1, 0.15) is 0 Å². The van der Waals surface area contributed by atoms with Crippen LogP contribution in [-0.4, -0.2) is 17.9 Å². The van der Waals surface area contributed by atoms with Gasteiger partial charge in [-0.05, 0) is 23.6 Å². The molecule has 80 valence electrons. The lowest BCUT2D eigenvalue weighted by atomic mass is 9.97. The lowest BCUT2D eigenvalue weighted by Crippen LogP contribution is -2.02. The molecule has 1 aromatic rings. The molecule has 0 bridgehead atoms. The van der Waals surface area contributed by atoms with Gasteiger partial charge in [-0.15, -0.1) is 0 Å². The van der Waals surface area contributed by atoms with Gasteiger partial charge in [0.25, 0.3) is 0 Å². The minimum Gasteiger partial charge on any atom is -0.481 e. The molecule has 0 saturated heterocycles. The zero-order valence-corrected chi connectivity index (χ0v) is 8.40. The van der Waals surface area contributed by atoms with Crippen molar-refractivity contribution in [2.24, 2.45) is 0 Å². The maximum Gasteiger partial charge on any atom is 0.303 e. The summed E-state index contributed by atoms with van der Waals surface area (Å²) in [5, 5.41) is 8.68. The van der Waals surface area contributed by atoms with E-state index in [-0.39, 0.29) is 19.1 Å². The minimum absolute atomic E-state index is 0.0167. The Balaban J connectivity index is 2.19. The van der Waals surface area contributed by atoms with Gasteiger partial charge >= 0.3 is 5.97 Å². The van der Waals surface area contributed by atoms with Crippen molar-refractivity contribution < 1.29 is 19.4 Å². The van der Waals surface area contributed by atoms with Gasteiger partial charge in [0.05, 0.1) is 6.42 Å². The molecule has 1 N–H and O–H groups in total. The maximum absolute atomic E-state index is 10.6. The van der Waals surface area contributed by atoms with Crippen LogP contribution in [0.1, 0.15) is 24.8 Å². The van der Waals surface area contributed by atoms with E-state index in [1.165, 1.54) is 0 Å². The van der Waals surface area contributed by atoms with E-state index in [4.69, 9.17) is 14.6 Å². The van der Waals surface area contributed by atoms with Gasteiger partial charge in [-0.1, -0.05) is 13.0 Å². The number of fused-ring (bicyclic) bond motifs is 1. The molecule has 4 nitrogen and oxygen atoms in total. The molecule has 1 aliphatic heterocycles. The third kappa shape index (κ3) is 2.03. The number of rotatable bonds is 3. The largest absolute Gasteiger partial charge is 0.481 e. The van der Waals surface area contributed by atoms with Crippen molar-refractivity contribution >= 4 is 5.97 Å². The van der Waals surface area contributed by atoms with E-state index in [0.29, 0.717) is 5.75 Å². The summed E-state index contributed by atoms with van der Waals surface area (Å²) >= 11 is 0. The van der Waals surface area contributed by atoms with E-state index in [1.807, 2.05) is 25.1 Å². The first-order valence-corrected chi connectivity index (χ1v) is 4.78. The third-order valence-electron chi connectivity index (χ3n) is 2.45. The molecule has 0 aliphatic carbocycles. The molecular weight excluding hydrogens is 196 g/mol. The van der Waals surface area contributed by atoms with Crippen LogP contribution in [-0.2, 0) is 4.79 Å². The Morgan fingerprint density at radius 3 is 2.93 bits per heavy atom. The van der Waals surface area contributed by atoms with Crippen molar-refractivity contribution in [3.05, 3.63) is 23.8 Å². The zero-order valence-electron chi connectivity index (χ0n) is 8.40. The standard InChI is InChI=1S/C11H12O4/c1-7(4-11(12)13)8-2-3-9-10(5-8)15-6-14-9/h2-3,5,7H,4,6H2,1H3,(H,12,13)/t7-/m1/s1. The second-order valence-corrected chi connectivity index (χ2v) is 3.61. The Labute approximate surface area is 87.4 Å². The summed E-state index contributed by atoms with van der Waals surface area (Å²) in [7, 11) is 0. The van der Waals surface area contributed by atoms with Gasteiger partial charge in [0, 0.05) is 0 Å². The fraction of sp³-hybridized carbons (Fsp3) is 0.364. The van der Waals surface area contributed by atoms with Gasteiger partial charge in [0.2, 0.25) is 6.79 Å². The molecule has 0 radical (unpaired) electrons. The highest BCUT2D eigenvalue weighted by molar-refractivity contribution is 5.68. The normalized spacial score (nSPS) is 15.0. The Bertz CT molecular complexity index is 386. The number of carboxylic acids is 1. The highest BCUT2D eigenvalue weighted by atomic mass is 16.7. The van der Waals surface area contributed by atoms with Crippen molar-refractivity contribution in [3.8, 4) is 11.5 Å². The summed E-state index contributed by atoms with van der Waals surface area (Å²) in [6, 6.07) is 5.53. The van der Waals surface area contributed by atoms with Crippen molar-refractivity contribution in [1.29, 1.82) is 0 Å². The van der Waals surface area contributed by atoms with Gasteiger partial charge in [-0.25, -0.2) is 0 Å². The number of carbonyl (C=O) groups is 1. The van der Waals surface area contributed by atoms with E-state index >= 15 is 0 Å². The molecule has 15 heavy (non-hydrogen) atoms. The Hall–Kier alpha value is -1.71. The third-order valence-corrected chi connectivity index (χ3v) is 2.45. The van der Waals surface area contributed by atoms with Crippen LogP contribution >= 0.6 is 0 Å². The second-order valence-electron chi connectivity index (χ2n) is 3.61.